The van der Waals surface area contributed by atoms with E-state index in [0.29, 0.717) is 53.7 Å². The molecule has 3 aliphatic rings. The molecular formula is C66H82Cl3F4N9O13. The van der Waals surface area contributed by atoms with Crippen molar-refractivity contribution in [1.29, 1.82) is 0 Å². The minimum Gasteiger partial charge on any atom is -0.461 e. The predicted molar refractivity (Wildman–Crippen MR) is 348 cm³/mol. The van der Waals surface area contributed by atoms with Crippen molar-refractivity contribution in [1.82, 2.24) is 46.6 Å². The van der Waals surface area contributed by atoms with Gasteiger partial charge in [0, 0.05) is 30.4 Å². The third-order valence-corrected chi connectivity index (χ3v) is 15.8. The number of benzene rings is 2. The number of carbonyl (C=O) groups is 9. The Hall–Kier alpha value is -7.68. The number of carbonyl (C=O) groups excluding carboxylic acids is 9. The number of pyridine rings is 2. The van der Waals surface area contributed by atoms with E-state index < -0.39 is 148 Å². The van der Waals surface area contributed by atoms with Crippen LogP contribution >= 0.6 is 34.8 Å². The number of hydrogen-bond acceptors (Lipinski definition) is 16. The van der Waals surface area contributed by atoms with Crippen LogP contribution in [0.5, 0.6) is 0 Å². The SMILES string of the molecule is C[C@@H]1NC(=O)[C@H](CC(F)F)OC(=O)C(C)(C)/C=C/c2ccc3ccc(nc3c2)[C@@H](C)NC(=O)[C@@H]2CCCN(N2)C1=O.C[C@H](NC(=O)[C@H](CC(F)F)OC(=O)C(C)(C)/C=C/c1ccc2ccc([C@@H](C)NC(=O)OC(C)(C)C)nc2c1)C(=O)N1CCC[C@@H](C(=O)OCC(Cl)(Cl)Cl)C1. The van der Waals surface area contributed by atoms with Crippen molar-refractivity contribution >= 4 is 122 Å². The molecule has 5 N–H and O–H groups in total. The Kier molecular flexibility index (Phi) is 26.4. The minimum atomic E-state index is -3.00. The summed E-state index contributed by atoms with van der Waals surface area (Å²) < 4.78 is 73.0. The molecule has 22 nitrogen and oxygen atoms in total. The van der Waals surface area contributed by atoms with Crippen LogP contribution in [0.2, 0.25) is 0 Å². The highest BCUT2D eigenvalue weighted by molar-refractivity contribution is 6.67. The molecule has 0 aliphatic carbocycles. The van der Waals surface area contributed by atoms with Crippen LogP contribution in [0.1, 0.15) is 149 Å². The fourth-order valence-electron chi connectivity index (χ4n) is 10.0. The van der Waals surface area contributed by atoms with E-state index >= 15 is 0 Å². The summed E-state index contributed by atoms with van der Waals surface area (Å²) in [6.07, 6.45) is -4.06. The molecule has 7 rings (SSSR count). The molecule has 518 valence electrons. The summed E-state index contributed by atoms with van der Waals surface area (Å²) >= 11 is 16.9. The van der Waals surface area contributed by atoms with Crippen LogP contribution in [0.3, 0.4) is 0 Å². The van der Waals surface area contributed by atoms with E-state index in [-0.39, 0.29) is 25.5 Å². The van der Waals surface area contributed by atoms with Crippen LogP contribution in [-0.2, 0) is 57.3 Å². The van der Waals surface area contributed by atoms with Crippen LogP contribution < -0.4 is 26.7 Å². The number of nitrogens with zero attached hydrogens (tertiary/aromatic N) is 4. The first-order chi connectivity index (χ1) is 44.3. The third kappa shape index (κ3) is 23.0. The summed E-state index contributed by atoms with van der Waals surface area (Å²) in [5.74, 6) is -6.71. The molecule has 0 unspecified atom stereocenters. The van der Waals surface area contributed by atoms with Crippen LogP contribution in [0.15, 0.2) is 72.8 Å². The van der Waals surface area contributed by atoms with Gasteiger partial charge in [-0.1, -0.05) is 95.5 Å². The summed E-state index contributed by atoms with van der Waals surface area (Å²) in [4.78, 5) is 127. The first kappa shape index (κ1) is 76.3. The molecule has 2 fully saturated rings. The van der Waals surface area contributed by atoms with Crippen molar-refractivity contribution < 1.29 is 79.7 Å². The molecule has 5 bridgehead atoms. The highest BCUT2D eigenvalue weighted by atomic mass is 35.6. The molecule has 0 saturated carbocycles. The Labute approximate surface area is 563 Å². The number of halogens is 7. The second-order valence-corrected chi connectivity index (χ2v) is 28.3. The third-order valence-electron chi connectivity index (χ3n) is 15.4. The minimum absolute atomic E-state index is 0.0213. The zero-order chi connectivity index (χ0) is 70.5. The normalized spacial score (nSPS) is 21.3. The highest BCUT2D eigenvalue weighted by Crippen LogP contribution is 2.30. The zero-order valence-electron chi connectivity index (χ0n) is 54.7. The summed E-state index contributed by atoms with van der Waals surface area (Å²) in [5, 5.41) is 13.4. The Morgan fingerprint density at radius 1 is 0.811 bits per heavy atom. The van der Waals surface area contributed by atoms with Crippen molar-refractivity contribution in [2.45, 2.75) is 179 Å². The van der Waals surface area contributed by atoms with E-state index in [9.17, 15) is 60.7 Å². The van der Waals surface area contributed by atoms with Gasteiger partial charge in [0.05, 0.1) is 64.1 Å². The summed E-state index contributed by atoms with van der Waals surface area (Å²) in [6.45, 7) is 17.8. The Balaban J connectivity index is 0.000000312. The number of piperidine rings is 1. The number of fused-ring (bicyclic) bond motifs is 5. The maximum Gasteiger partial charge on any atom is 0.408 e. The van der Waals surface area contributed by atoms with Gasteiger partial charge in [-0.25, -0.2) is 27.8 Å². The Bertz CT molecular complexity index is 3530. The number of alkyl halides is 7. The van der Waals surface area contributed by atoms with E-state index in [4.69, 9.17) is 58.7 Å². The molecule has 95 heavy (non-hydrogen) atoms. The molecule has 5 heterocycles. The molecule has 8 atom stereocenters. The summed E-state index contributed by atoms with van der Waals surface area (Å²) in [5.41, 5.74) is 3.53. The van der Waals surface area contributed by atoms with Crippen molar-refractivity contribution in [2.24, 2.45) is 16.7 Å². The molecule has 29 heteroatoms. The average molecular weight is 1390 g/mol. The number of cyclic esters (lactones) is 1. The maximum atomic E-state index is 13.6. The Morgan fingerprint density at radius 3 is 2.12 bits per heavy atom. The predicted octanol–water partition coefficient (Wildman–Crippen LogP) is 10.1. The van der Waals surface area contributed by atoms with E-state index in [1.165, 1.54) is 43.7 Å². The maximum absolute atomic E-state index is 13.6. The lowest BCUT2D eigenvalue weighted by molar-refractivity contribution is -0.165. The number of aromatic nitrogens is 2. The van der Waals surface area contributed by atoms with E-state index in [1.54, 1.807) is 78.0 Å². The fourth-order valence-corrected chi connectivity index (χ4v) is 10.2. The number of hydrazine groups is 1. The van der Waals surface area contributed by atoms with Gasteiger partial charge in [0.15, 0.2) is 12.2 Å². The van der Waals surface area contributed by atoms with Gasteiger partial charge in [-0.3, -0.25) is 53.3 Å². The number of rotatable bonds is 15. The topological polar surface area (TPSA) is 283 Å². The van der Waals surface area contributed by atoms with Gasteiger partial charge >= 0.3 is 24.0 Å². The summed E-state index contributed by atoms with van der Waals surface area (Å²) in [7, 11) is 0. The monoisotopic (exact) mass is 1390 g/mol. The van der Waals surface area contributed by atoms with Crippen molar-refractivity contribution in [3.63, 3.8) is 0 Å². The molecule has 0 spiro atoms. The van der Waals surface area contributed by atoms with Crippen LogP contribution in [0.25, 0.3) is 34.0 Å². The first-order valence-corrected chi connectivity index (χ1v) is 32.1. The highest BCUT2D eigenvalue weighted by Gasteiger charge is 2.39. The number of hydrogen-bond donors (Lipinski definition) is 5. The number of likely N-dealkylation sites (tertiary alicyclic amines) is 1. The molecule has 2 aromatic carbocycles. The van der Waals surface area contributed by atoms with Gasteiger partial charge < -0.3 is 45.1 Å². The molecule has 2 aromatic heterocycles. The number of amides is 6. The number of nitrogens with one attached hydrogen (secondary N) is 5. The molecular weight excluding hydrogens is 1310 g/mol. The van der Waals surface area contributed by atoms with E-state index in [0.717, 1.165) is 16.3 Å². The van der Waals surface area contributed by atoms with Crippen molar-refractivity contribution in [3.8, 4) is 0 Å². The second kappa shape index (κ2) is 32.8. The molecule has 6 amide bonds. The van der Waals surface area contributed by atoms with Crippen LogP contribution in [-0.4, -0.2) is 152 Å². The average Bonchev–Trinajstić information content (AvgIpc) is 1.16. The van der Waals surface area contributed by atoms with Gasteiger partial charge in [-0.15, -0.1) is 0 Å². The van der Waals surface area contributed by atoms with E-state index in [1.807, 2.05) is 49.4 Å². The molecule has 3 aliphatic heterocycles. The quantitative estimate of drug-likeness (QED) is 0.0320. The van der Waals surface area contributed by atoms with Crippen molar-refractivity contribution in [2.75, 3.05) is 26.2 Å². The van der Waals surface area contributed by atoms with Gasteiger partial charge in [0.25, 0.3) is 17.7 Å². The smallest absolute Gasteiger partial charge is 0.408 e. The number of ether oxygens (including phenoxy) is 4. The summed E-state index contributed by atoms with van der Waals surface area (Å²) in [6, 6.07) is 14.4. The van der Waals surface area contributed by atoms with Gasteiger partial charge in [0.1, 0.15) is 30.3 Å². The van der Waals surface area contributed by atoms with Crippen molar-refractivity contribution in [3.05, 3.63) is 95.3 Å². The number of alkyl carbamates (subject to hydrolysis) is 1. The van der Waals surface area contributed by atoms with Crippen LogP contribution in [0, 0.1) is 16.7 Å². The lowest BCUT2D eigenvalue weighted by atomic mass is 9.92. The van der Waals surface area contributed by atoms with Gasteiger partial charge in [0.2, 0.25) is 28.5 Å². The molecule has 0 radical (unpaired) electrons. The second-order valence-electron chi connectivity index (χ2n) is 25.7. The Morgan fingerprint density at radius 2 is 1.45 bits per heavy atom. The first-order valence-electron chi connectivity index (χ1n) is 31.0. The molecule has 4 aromatic rings. The van der Waals surface area contributed by atoms with Gasteiger partial charge in [-0.2, -0.15) is 0 Å². The van der Waals surface area contributed by atoms with E-state index in [2.05, 4.69) is 31.7 Å². The standard InChI is InChI=1S/C37H47Cl3F2N4O8.C29H35F2N5O5/c1-21(44-34(51)54-35(3,4)5)26-13-12-24-11-10-23(17-27(24)45-26)14-15-36(6,7)33(50)53-28(18-29(41)42)30(47)43-22(2)31(48)46-16-8-9-25(19-46)32(49)52-20-37(38,39)40;1-16-20-10-9-19-8-7-18(14-22(19)34-20)11-12-29(3,4)28(40)41-23(15-24(30)31)26(38)33-17(2)27(39)36-13-5-6-21(35-36)25(37)32-16/h10-15,17,21-22,25,28-29H,8-9,16,18-20H2,1-7H3,(H,43,47)(H,44,51);7-12,14,16-17,21,23-24,35H,5-6,13,15H2,1-4H3,(H,32,37)(H,33,38)/b15-14+;12-11+/t21-,22+,25-,28+;16-,17+,21+,23+/m11/s1. The number of esters is 3. The van der Waals surface area contributed by atoms with Gasteiger partial charge in [-0.05, 0) is 137 Å². The van der Waals surface area contributed by atoms with Crippen LogP contribution in [0.4, 0.5) is 22.4 Å². The lowest BCUT2D eigenvalue weighted by Crippen LogP contribution is -2.61. The fraction of sp³-hybridized carbons (Fsp3) is 0.530. The largest absolute Gasteiger partial charge is 0.461 e. The lowest BCUT2D eigenvalue weighted by Gasteiger charge is -2.35. The zero-order valence-corrected chi connectivity index (χ0v) is 56.9. The molecule has 2 saturated heterocycles.